The average molecular weight is 396 g/mol. The summed E-state index contributed by atoms with van der Waals surface area (Å²) < 4.78 is 7.79. The molecule has 2 heterocycles. The molecule has 1 amide bonds. The van der Waals surface area contributed by atoms with Crippen LogP contribution < -0.4 is 21.3 Å². The Morgan fingerprint density at radius 1 is 1.17 bits per heavy atom. The lowest BCUT2D eigenvalue weighted by molar-refractivity contribution is -0.116. The monoisotopic (exact) mass is 396 g/mol. The fourth-order valence-electron chi connectivity index (χ4n) is 3.16. The lowest BCUT2D eigenvalue weighted by atomic mass is 10.1. The zero-order chi connectivity index (χ0) is 21.1. The summed E-state index contributed by atoms with van der Waals surface area (Å²) in [5.41, 5.74) is 1.44. The molecular weight excluding hydrogens is 372 g/mol. The van der Waals surface area contributed by atoms with Gasteiger partial charge in [-0.3, -0.25) is 14.2 Å². The summed E-state index contributed by atoms with van der Waals surface area (Å²) in [5.74, 6) is -0.0891. The van der Waals surface area contributed by atoms with E-state index in [0.717, 1.165) is 16.6 Å². The van der Waals surface area contributed by atoms with Gasteiger partial charge in [0.1, 0.15) is 17.7 Å². The molecule has 0 saturated heterocycles. The number of pyridine rings is 1. The molecule has 0 fully saturated rings. The largest absolute Gasteiger partial charge is 0.493 e. The molecule has 0 radical (unpaired) electrons. The molecular formula is C21H24N4O4. The van der Waals surface area contributed by atoms with Gasteiger partial charge in [0.15, 0.2) is 5.65 Å². The Bertz CT molecular complexity index is 1180. The van der Waals surface area contributed by atoms with Gasteiger partial charge in [0.05, 0.1) is 6.61 Å². The Labute approximate surface area is 167 Å². The van der Waals surface area contributed by atoms with E-state index in [9.17, 15) is 14.4 Å². The Balaban J connectivity index is 2.02. The van der Waals surface area contributed by atoms with Crippen molar-refractivity contribution in [3.05, 3.63) is 62.4 Å². The molecule has 0 bridgehead atoms. The number of ether oxygens (including phenoxy) is 1. The van der Waals surface area contributed by atoms with Crippen LogP contribution in [-0.4, -0.2) is 26.6 Å². The number of hydrogen-bond acceptors (Lipinski definition) is 5. The molecule has 0 saturated carbocycles. The van der Waals surface area contributed by atoms with Crippen LogP contribution in [0.3, 0.4) is 0 Å². The fourth-order valence-corrected chi connectivity index (χ4v) is 3.16. The molecule has 8 heteroatoms. The van der Waals surface area contributed by atoms with Crippen molar-refractivity contribution in [3.8, 4) is 5.75 Å². The molecule has 1 aromatic carbocycles. The zero-order valence-electron chi connectivity index (χ0n) is 17.0. The first-order chi connectivity index (χ1) is 13.9. The van der Waals surface area contributed by atoms with E-state index in [0.29, 0.717) is 23.6 Å². The molecule has 0 aliphatic rings. The number of fused-ring (bicyclic) bond motifs is 1. The fraction of sp³-hybridized carbons (Fsp3) is 0.333. The number of aryl methyl sites for hydroxylation is 3. The average Bonchev–Trinajstić information content (AvgIpc) is 2.71. The highest BCUT2D eigenvalue weighted by Gasteiger charge is 2.19. The number of nitrogens with zero attached hydrogens (tertiary/aromatic N) is 3. The van der Waals surface area contributed by atoms with E-state index < -0.39 is 23.7 Å². The first kappa shape index (κ1) is 20.3. The van der Waals surface area contributed by atoms with E-state index in [2.05, 4.69) is 10.3 Å². The summed E-state index contributed by atoms with van der Waals surface area (Å²) in [6, 6.07) is 7.41. The van der Waals surface area contributed by atoms with Crippen molar-refractivity contribution < 1.29 is 9.53 Å². The van der Waals surface area contributed by atoms with E-state index in [-0.39, 0.29) is 11.0 Å². The third-order valence-electron chi connectivity index (χ3n) is 4.72. The summed E-state index contributed by atoms with van der Waals surface area (Å²) in [6.45, 7) is 5.58. The number of hydrogen-bond donors (Lipinski definition) is 1. The van der Waals surface area contributed by atoms with Crippen LogP contribution in [0.2, 0.25) is 0 Å². The SMILES string of the molecule is CCOc1c(C)cnc2c1c(=O)n(CC(=O)Nc1ccc(CC)cc1)c(=O)n2C. The van der Waals surface area contributed by atoms with Gasteiger partial charge in [0, 0.05) is 24.5 Å². The van der Waals surface area contributed by atoms with Gasteiger partial charge in [0.25, 0.3) is 5.56 Å². The summed E-state index contributed by atoms with van der Waals surface area (Å²) in [5, 5.41) is 2.91. The zero-order valence-corrected chi connectivity index (χ0v) is 17.0. The van der Waals surface area contributed by atoms with Crippen molar-refractivity contribution >= 4 is 22.6 Å². The number of benzene rings is 1. The van der Waals surface area contributed by atoms with Gasteiger partial charge in [0.2, 0.25) is 5.91 Å². The number of carbonyl (C=O) groups excluding carboxylic acids is 1. The van der Waals surface area contributed by atoms with Crippen LogP contribution in [-0.2, 0) is 24.8 Å². The Hall–Kier alpha value is -3.42. The summed E-state index contributed by atoms with van der Waals surface area (Å²) in [4.78, 5) is 42.5. The van der Waals surface area contributed by atoms with E-state index in [1.54, 1.807) is 25.3 Å². The van der Waals surface area contributed by atoms with E-state index in [1.807, 2.05) is 26.0 Å². The molecule has 0 spiro atoms. The molecule has 3 aromatic rings. The van der Waals surface area contributed by atoms with E-state index >= 15 is 0 Å². The molecule has 29 heavy (non-hydrogen) atoms. The van der Waals surface area contributed by atoms with Gasteiger partial charge in [-0.2, -0.15) is 0 Å². The van der Waals surface area contributed by atoms with Crippen LogP contribution in [0.1, 0.15) is 25.0 Å². The first-order valence-electron chi connectivity index (χ1n) is 9.48. The van der Waals surface area contributed by atoms with Crippen LogP contribution in [0.15, 0.2) is 40.1 Å². The van der Waals surface area contributed by atoms with E-state index in [1.165, 1.54) is 11.6 Å². The van der Waals surface area contributed by atoms with E-state index in [4.69, 9.17) is 4.74 Å². The second-order valence-electron chi connectivity index (χ2n) is 6.73. The van der Waals surface area contributed by atoms with Crippen LogP contribution in [0, 0.1) is 6.92 Å². The Morgan fingerprint density at radius 2 is 1.86 bits per heavy atom. The Kier molecular flexibility index (Phi) is 5.81. The molecule has 0 atom stereocenters. The highest BCUT2D eigenvalue weighted by Crippen LogP contribution is 2.24. The number of rotatable bonds is 6. The molecule has 0 aliphatic heterocycles. The molecule has 0 unspecified atom stereocenters. The van der Waals surface area contributed by atoms with Crippen molar-refractivity contribution in [2.45, 2.75) is 33.7 Å². The van der Waals surface area contributed by atoms with Crippen LogP contribution in [0.4, 0.5) is 5.69 Å². The molecule has 3 rings (SSSR count). The standard InChI is InChI=1S/C21H24N4O4/c1-5-14-7-9-15(10-8-14)23-16(26)12-25-20(27)17-18(29-6-2)13(3)11-22-19(17)24(4)21(25)28/h7-11H,5-6,12H2,1-4H3,(H,23,26). The molecule has 152 valence electrons. The molecule has 0 aliphatic carbocycles. The quantitative estimate of drug-likeness (QED) is 0.688. The molecule has 1 N–H and O–H groups in total. The predicted octanol–water partition coefficient (Wildman–Crippen LogP) is 2.00. The minimum atomic E-state index is -0.613. The molecule has 2 aromatic heterocycles. The Morgan fingerprint density at radius 3 is 2.48 bits per heavy atom. The van der Waals surface area contributed by atoms with Crippen molar-refractivity contribution in [3.63, 3.8) is 0 Å². The highest BCUT2D eigenvalue weighted by molar-refractivity contribution is 5.91. The number of anilines is 1. The summed E-state index contributed by atoms with van der Waals surface area (Å²) in [6.07, 6.45) is 2.45. The second-order valence-corrected chi connectivity index (χ2v) is 6.73. The van der Waals surface area contributed by atoms with Gasteiger partial charge < -0.3 is 10.1 Å². The summed E-state index contributed by atoms with van der Waals surface area (Å²) >= 11 is 0. The predicted molar refractivity (Wildman–Crippen MR) is 112 cm³/mol. The topological polar surface area (TPSA) is 95.2 Å². The number of aromatic nitrogens is 3. The van der Waals surface area contributed by atoms with Gasteiger partial charge in [-0.1, -0.05) is 19.1 Å². The minimum absolute atomic E-state index is 0.189. The highest BCUT2D eigenvalue weighted by atomic mass is 16.5. The van der Waals surface area contributed by atoms with Gasteiger partial charge in [-0.05, 0) is 38.0 Å². The summed E-state index contributed by atoms with van der Waals surface area (Å²) in [7, 11) is 1.51. The maximum Gasteiger partial charge on any atom is 0.332 e. The maximum absolute atomic E-state index is 13.1. The van der Waals surface area contributed by atoms with Crippen molar-refractivity contribution in [2.24, 2.45) is 7.05 Å². The number of nitrogens with one attached hydrogen (secondary N) is 1. The van der Waals surface area contributed by atoms with Crippen molar-refractivity contribution in [2.75, 3.05) is 11.9 Å². The van der Waals surface area contributed by atoms with Gasteiger partial charge in [-0.25, -0.2) is 14.3 Å². The van der Waals surface area contributed by atoms with Crippen LogP contribution in [0.5, 0.6) is 5.75 Å². The second kappa shape index (κ2) is 8.30. The normalized spacial score (nSPS) is 10.9. The smallest absolute Gasteiger partial charge is 0.332 e. The lowest BCUT2D eigenvalue weighted by Crippen LogP contribution is -2.42. The van der Waals surface area contributed by atoms with Crippen molar-refractivity contribution in [1.82, 2.24) is 14.1 Å². The number of amides is 1. The first-order valence-corrected chi connectivity index (χ1v) is 9.48. The third-order valence-corrected chi connectivity index (χ3v) is 4.72. The van der Waals surface area contributed by atoms with Gasteiger partial charge >= 0.3 is 5.69 Å². The molecule has 8 nitrogen and oxygen atoms in total. The van der Waals surface area contributed by atoms with Gasteiger partial charge in [-0.15, -0.1) is 0 Å². The van der Waals surface area contributed by atoms with Crippen molar-refractivity contribution in [1.29, 1.82) is 0 Å². The number of carbonyl (C=O) groups is 1. The lowest BCUT2D eigenvalue weighted by Gasteiger charge is -2.14. The van der Waals surface area contributed by atoms with Crippen LogP contribution in [0.25, 0.3) is 11.0 Å². The maximum atomic E-state index is 13.1. The minimum Gasteiger partial charge on any atom is -0.493 e. The third kappa shape index (κ3) is 3.91. The van der Waals surface area contributed by atoms with Crippen LogP contribution >= 0.6 is 0 Å².